The van der Waals surface area contributed by atoms with Crippen molar-refractivity contribution in [3.05, 3.63) is 22.9 Å². The Labute approximate surface area is 128 Å². The van der Waals surface area contributed by atoms with E-state index in [0.29, 0.717) is 4.47 Å². The van der Waals surface area contributed by atoms with Crippen molar-refractivity contribution < 1.29 is 18.0 Å². The van der Waals surface area contributed by atoms with E-state index in [0.717, 1.165) is 16.7 Å². The molecular weight excluding hydrogens is 370 g/mol. The van der Waals surface area contributed by atoms with Crippen LogP contribution in [0, 0.1) is 0 Å². The van der Waals surface area contributed by atoms with Gasteiger partial charge in [0, 0.05) is 30.0 Å². The highest BCUT2D eigenvalue weighted by Crippen LogP contribution is 2.18. The first-order valence-electron chi connectivity index (χ1n) is 5.47. The molecule has 0 saturated carbocycles. The summed E-state index contributed by atoms with van der Waals surface area (Å²) in [5.41, 5.74) is 0. The second-order valence-electron chi connectivity index (χ2n) is 3.84. The lowest BCUT2D eigenvalue weighted by molar-refractivity contribution is -0.124. The first kappa shape index (κ1) is 15.4. The Hall–Kier alpha value is -0.970. The van der Waals surface area contributed by atoms with Gasteiger partial charge in [0.1, 0.15) is 4.90 Å². The lowest BCUT2D eigenvalue weighted by atomic mass is 10.5. The maximum Gasteiger partial charge on any atom is 0.288 e. The molecule has 1 fully saturated rings. The Morgan fingerprint density at radius 2 is 2.15 bits per heavy atom. The van der Waals surface area contributed by atoms with Crippen LogP contribution in [0.3, 0.4) is 0 Å². The molecule has 0 bridgehead atoms. The number of carbonyl (C=O) groups excluding carboxylic acids is 2. The Bertz CT molecular complexity index is 634. The molecule has 2 amide bonds. The Balaban J connectivity index is 1.96. The van der Waals surface area contributed by atoms with Crippen molar-refractivity contribution in [2.75, 3.05) is 18.8 Å². The van der Waals surface area contributed by atoms with Gasteiger partial charge in [-0.25, -0.2) is 13.1 Å². The summed E-state index contributed by atoms with van der Waals surface area (Å²) in [5.74, 6) is -0.190. The van der Waals surface area contributed by atoms with Crippen molar-refractivity contribution in [2.24, 2.45) is 0 Å². The maximum absolute atomic E-state index is 12.0. The number of nitrogens with zero attached hydrogens (tertiary/aromatic N) is 2. The quantitative estimate of drug-likeness (QED) is 0.813. The van der Waals surface area contributed by atoms with Crippen molar-refractivity contribution in [2.45, 2.75) is 4.90 Å². The molecule has 10 heteroatoms. The number of hydrogen-bond donors (Lipinski definition) is 1. The molecule has 0 spiro atoms. The van der Waals surface area contributed by atoms with Gasteiger partial charge in [0.25, 0.3) is 5.24 Å². The molecule has 0 aliphatic carbocycles. The van der Waals surface area contributed by atoms with E-state index in [4.69, 9.17) is 0 Å². The average Bonchev–Trinajstić information content (AvgIpc) is 2.70. The number of hydrogen-bond acceptors (Lipinski definition) is 6. The SMILES string of the molecule is O=C1CSC(=O)N1CCNS(=O)(=O)c1cncc(Br)c1. The third-order valence-corrected chi connectivity index (χ3v) is 5.18. The fourth-order valence-electron chi connectivity index (χ4n) is 1.51. The van der Waals surface area contributed by atoms with E-state index in [9.17, 15) is 18.0 Å². The molecule has 0 atom stereocenters. The van der Waals surface area contributed by atoms with Crippen LogP contribution in [0.5, 0.6) is 0 Å². The number of carbonyl (C=O) groups is 2. The number of rotatable bonds is 5. The topological polar surface area (TPSA) is 96.4 Å². The highest BCUT2D eigenvalue weighted by molar-refractivity contribution is 9.10. The number of sulfonamides is 1. The van der Waals surface area contributed by atoms with Crippen molar-refractivity contribution in [3.8, 4) is 0 Å². The highest BCUT2D eigenvalue weighted by atomic mass is 79.9. The second kappa shape index (κ2) is 6.20. The molecule has 1 saturated heterocycles. The normalized spacial score (nSPS) is 15.9. The average molecular weight is 380 g/mol. The summed E-state index contributed by atoms with van der Waals surface area (Å²) in [7, 11) is -3.71. The molecule has 108 valence electrons. The predicted molar refractivity (Wildman–Crippen MR) is 76.7 cm³/mol. The molecule has 20 heavy (non-hydrogen) atoms. The number of imide groups is 1. The van der Waals surface area contributed by atoms with Crippen LogP contribution in [0.4, 0.5) is 4.79 Å². The van der Waals surface area contributed by atoms with Crippen LogP contribution in [-0.2, 0) is 14.8 Å². The minimum atomic E-state index is -3.71. The van der Waals surface area contributed by atoms with Gasteiger partial charge in [-0.15, -0.1) is 0 Å². The fraction of sp³-hybridized carbons (Fsp3) is 0.300. The van der Waals surface area contributed by atoms with Crippen molar-refractivity contribution in [1.29, 1.82) is 0 Å². The molecule has 1 aromatic rings. The largest absolute Gasteiger partial charge is 0.288 e. The Morgan fingerprint density at radius 1 is 1.40 bits per heavy atom. The number of halogens is 1. The molecule has 0 unspecified atom stereocenters. The number of nitrogens with one attached hydrogen (secondary N) is 1. The first-order chi connectivity index (χ1) is 9.40. The Morgan fingerprint density at radius 3 is 2.75 bits per heavy atom. The third-order valence-electron chi connectivity index (χ3n) is 2.46. The second-order valence-corrected chi connectivity index (χ2v) is 7.45. The van der Waals surface area contributed by atoms with Crippen LogP contribution >= 0.6 is 27.7 Å². The summed E-state index contributed by atoms with van der Waals surface area (Å²) < 4.78 is 26.8. The van der Waals surface area contributed by atoms with Crippen molar-refractivity contribution in [1.82, 2.24) is 14.6 Å². The zero-order valence-electron chi connectivity index (χ0n) is 10.1. The van der Waals surface area contributed by atoms with Crippen LogP contribution in [0.25, 0.3) is 0 Å². The molecule has 1 N–H and O–H groups in total. The fourth-order valence-corrected chi connectivity index (χ4v) is 3.79. The van der Waals surface area contributed by atoms with E-state index in [-0.39, 0.29) is 34.9 Å². The summed E-state index contributed by atoms with van der Waals surface area (Å²) >= 11 is 4.05. The molecule has 1 aliphatic heterocycles. The van der Waals surface area contributed by atoms with Gasteiger partial charge in [0.2, 0.25) is 15.9 Å². The number of amides is 2. The minimum Gasteiger partial charge on any atom is -0.273 e. The van der Waals surface area contributed by atoms with Crippen LogP contribution < -0.4 is 4.72 Å². The number of aromatic nitrogens is 1. The van der Waals surface area contributed by atoms with Gasteiger partial charge < -0.3 is 0 Å². The van der Waals surface area contributed by atoms with Gasteiger partial charge in [-0.3, -0.25) is 19.5 Å². The van der Waals surface area contributed by atoms with Crippen LogP contribution in [0.15, 0.2) is 27.8 Å². The van der Waals surface area contributed by atoms with E-state index in [1.54, 1.807) is 0 Å². The molecule has 1 aromatic heterocycles. The van der Waals surface area contributed by atoms with Gasteiger partial charge in [-0.05, 0) is 22.0 Å². The maximum atomic E-state index is 12.0. The van der Waals surface area contributed by atoms with Gasteiger partial charge >= 0.3 is 0 Å². The van der Waals surface area contributed by atoms with E-state index in [2.05, 4.69) is 25.6 Å². The van der Waals surface area contributed by atoms with Crippen LogP contribution in [0.2, 0.25) is 0 Å². The lowest BCUT2D eigenvalue weighted by Crippen LogP contribution is -2.37. The summed E-state index contributed by atoms with van der Waals surface area (Å²) in [4.78, 5) is 27.5. The lowest BCUT2D eigenvalue weighted by Gasteiger charge is -2.13. The highest BCUT2D eigenvalue weighted by Gasteiger charge is 2.29. The summed E-state index contributed by atoms with van der Waals surface area (Å²) in [6.07, 6.45) is 2.69. The molecular formula is C10H10BrN3O4S2. The zero-order valence-corrected chi connectivity index (χ0v) is 13.3. The monoisotopic (exact) mass is 379 g/mol. The standard InChI is InChI=1S/C10H10BrN3O4S2/c11-7-3-8(5-12-4-7)20(17,18)13-1-2-14-9(15)6-19-10(14)16/h3-5,13H,1-2,6H2. The predicted octanol–water partition coefficient (Wildman–Crippen LogP) is 0.818. The van der Waals surface area contributed by atoms with Crippen molar-refractivity contribution in [3.63, 3.8) is 0 Å². The van der Waals surface area contributed by atoms with Crippen LogP contribution in [-0.4, -0.2) is 48.3 Å². The van der Waals surface area contributed by atoms with Crippen molar-refractivity contribution >= 4 is 48.9 Å². The Kier molecular flexibility index (Phi) is 4.78. The summed E-state index contributed by atoms with van der Waals surface area (Å²) in [6, 6.07) is 1.41. The van der Waals surface area contributed by atoms with Gasteiger partial charge in [0.15, 0.2) is 0 Å². The van der Waals surface area contributed by atoms with E-state index < -0.39 is 10.0 Å². The first-order valence-corrected chi connectivity index (χ1v) is 8.74. The third kappa shape index (κ3) is 3.57. The van der Waals surface area contributed by atoms with E-state index in [1.807, 2.05) is 0 Å². The van der Waals surface area contributed by atoms with Gasteiger partial charge in [-0.2, -0.15) is 0 Å². The van der Waals surface area contributed by atoms with E-state index in [1.165, 1.54) is 18.5 Å². The number of pyridine rings is 1. The minimum absolute atomic E-state index is 0.0142. The van der Waals surface area contributed by atoms with Gasteiger partial charge in [0.05, 0.1) is 5.75 Å². The van der Waals surface area contributed by atoms with Crippen LogP contribution in [0.1, 0.15) is 0 Å². The summed E-state index contributed by atoms with van der Waals surface area (Å²) in [5, 5.41) is -0.349. The van der Waals surface area contributed by atoms with Gasteiger partial charge in [-0.1, -0.05) is 11.8 Å². The van der Waals surface area contributed by atoms with E-state index >= 15 is 0 Å². The number of thioether (sulfide) groups is 1. The molecule has 2 rings (SSSR count). The summed E-state index contributed by atoms with van der Waals surface area (Å²) in [6.45, 7) is -0.0157. The smallest absolute Gasteiger partial charge is 0.273 e. The molecule has 2 heterocycles. The molecule has 0 radical (unpaired) electrons. The zero-order chi connectivity index (χ0) is 14.8. The molecule has 1 aliphatic rings. The molecule has 7 nitrogen and oxygen atoms in total. The molecule has 0 aromatic carbocycles.